The van der Waals surface area contributed by atoms with Crippen LogP contribution in [0.2, 0.25) is 0 Å². The van der Waals surface area contributed by atoms with Gasteiger partial charge in [-0.1, -0.05) is 30.3 Å². The number of benzene rings is 2. The van der Waals surface area contributed by atoms with Crippen LogP contribution < -0.4 is 15.8 Å². The summed E-state index contributed by atoms with van der Waals surface area (Å²) in [6, 6.07) is 16.2. The number of methoxy groups -OCH3 is 1. The lowest BCUT2D eigenvalue weighted by Gasteiger charge is -2.16. The minimum Gasteiger partial charge on any atom is -0.497 e. The van der Waals surface area contributed by atoms with E-state index >= 15 is 0 Å². The molecule has 0 aliphatic rings. The zero-order chi connectivity index (χ0) is 13.7. The van der Waals surface area contributed by atoms with Crippen molar-refractivity contribution < 1.29 is 4.74 Å². The summed E-state index contributed by atoms with van der Waals surface area (Å²) in [6.45, 7) is 2.90. The molecule has 0 heterocycles. The molecule has 0 amide bonds. The number of nitrogens with one attached hydrogen (secondary N) is 1. The van der Waals surface area contributed by atoms with Crippen LogP contribution in [0.3, 0.4) is 0 Å². The number of nitrogens with two attached hydrogens (primary N) is 1. The highest BCUT2D eigenvalue weighted by Gasteiger charge is 2.07. The van der Waals surface area contributed by atoms with Gasteiger partial charge in [-0.15, -0.1) is 0 Å². The Bertz CT molecular complexity index is 540. The number of hydrogen-bond donors (Lipinski definition) is 2. The highest BCUT2D eigenvalue weighted by Crippen LogP contribution is 2.20. The van der Waals surface area contributed by atoms with Crippen LogP contribution in [-0.4, -0.2) is 7.11 Å². The maximum absolute atomic E-state index is 5.98. The van der Waals surface area contributed by atoms with Gasteiger partial charge in [-0.05, 0) is 36.2 Å². The molecule has 0 aromatic heterocycles. The van der Waals surface area contributed by atoms with Gasteiger partial charge >= 0.3 is 0 Å². The van der Waals surface area contributed by atoms with E-state index in [1.165, 1.54) is 5.56 Å². The van der Waals surface area contributed by atoms with Crippen molar-refractivity contribution in [1.82, 2.24) is 5.32 Å². The fourth-order valence-corrected chi connectivity index (χ4v) is 2.07. The molecule has 3 nitrogen and oxygen atoms in total. The van der Waals surface area contributed by atoms with Crippen molar-refractivity contribution in [1.29, 1.82) is 0 Å². The fraction of sp³-hybridized carbons (Fsp3) is 0.250. The average Bonchev–Trinajstić information content (AvgIpc) is 2.45. The molecule has 2 rings (SSSR count). The normalized spacial score (nSPS) is 12.1. The Balaban J connectivity index is 2.00. The molecule has 0 aliphatic heterocycles. The van der Waals surface area contributed by atoms with Crippen LogP contribution in [-0.2, 0) is 6.54 Å². The molecule has 100 valence electrons. The third kappa shape index (κ3) is 3.48. The zero-order valence-corrected chi connectivity index (χ0v) is 11.4. The van der Waals surface area contributed by atoms with Crippen LogP contribution >= 0.6 is 0 Å². The predicted molar refractivity (Wildman–Crippen MR) is 79.1 cm³/mol. The SMILES string of the molecule is COc1cccc(CNC(C)c2ccccc2N)c1. The molecule has 0 fully saturated rings. The summed E-state index contributed by atoms with van der Waals surface area (Å²) >= 11 is 0. The molecular formula is C16H20N2O. The second-order valence-corrected chi connectivity index (χ2v) is 4.58. The standard InChI is InChI=1S/C16H20N2O/c1-12(15-8-3-4-9-16(15)17)18-11-13-6-5-7-14(10-13)19-2/h3-10,12,18H,11,17H2,1-2H3. The van der Waals surface area contributed by atoms with Gasteiger partial charge in [-0.2, -0.15) is 0 Å². The van der Waals surface area contributed by atoms with Gasteiger partial charge in [0.25, 0.3) is 0 Å². The third-order valence-corrected chi connectivity index (χ3v) is 3.21. The molecule has 0 saturated carbocycles. The lowest BCUT2D eigenvalue weighted by atomic mass is 10.1. The average molecular weight is 256 g/mol. The van der Waals surface area contributed by atoms with Gasteiger partial charge in [-0.25, -0.2) is 0 Å². The number of para-hydroxylation sites is 1. The lowest BCUT2D eigenvalue weighted by Crippen LogP contribution is -2.19. The Morgan fingerprint density at radius 2 is 1.95 bits per heavy atom. The van der Waals surface area contributed by atoms with Crippen molar-refractivity contribution in [2.45, 2.75) is 19.5 Å². The van der Waals surface area contributed by atoms with Crippen molar-refractivity contribution in [3.05, 3.63) is 59.7 Å². The monoisotopic (exact) mass is 256 g/mol. The summed E-state index contributed by atoms with van der Waals surface area (Å²) < 4.78 is 5.22. The summed E-state index contributed by atoms with van der Waals surface area (Å²) in [6.07, 6.45) is 0. The van der Waals surface area contributed by atoms with Gasteiger partial charge in [0.2, 0.25) is 0 Å². The maximum atomic E-state index is 5.98. The van der Waals surface area contributed by atoms with Crippen LogP contribution in [0.25, 0.3) is 0 Å². The van der Waals surface area contributed by atoms with Crippen molar-refractivity contribution in [2.24, 2.45) is 0 Å². The van der Waals surface area contributed by atoms with E-state index in [2.05, 4.69) is 24.4 Å². The van der Waals surface area contributed by atoms with Crippen molar-refractivity contribution in [2.75, 3.05) is 12.8 Å². The highest BCUT2D eigenvalue weighted by molar-refractivity contribution is 5.47. The van der Waals surface area contributed by atoms with E-state index < -0.39 is 0 Å². The predicted octanol–water partition coefficient (Wildman–Crippen LogP) is 3.13. The summed E-state index contributed by atoms with van der Waals surface area (Å²) in [5.41, 5.74) is 9.13. The van der Waals surface area contributed by atoms with Crippen LogP contribution in [0.1, 0.15) is 24.1 Å². The van der Waals surface area contributed by atoms with E-state index in [1.54, 1.807) is 7.11 Å². The molecule has 19 heavy (non-hydrogen) atoms. The summed E-state index contributed by atoms with van der Waals surface area (Å²) in [5.74, 6) is 0.881. The van der Waals surface area contributed by atoms with Crippen molar-refractivity contribution in [3.8, 4) is 5.75 Å². The number of nitrogen functional groups attached to an aromatic ring is 1. The minimum absolute atomic E-state index is 0.215. The molecule has 3 N–H and O–H groups in total. The first-order valence-corrected chi connectivity index (χ1v) is 6.41. The van der Waals surface area contributed by atoms with Gasteiger partial charge < -0.3 is 15.8 Å². The first-order chi connectivity index (χ1) is 9.20. The molecule has 0 bridgehead atoms. The van der Waals surface area contributed by atoms with E-state index in [9.17, 15) is 0 Å². The number of ether oxygens (including phenoxy) is 1. The van der Waals surface area contributed by atoms with E-state index in [4.69, 9.17) is 10.5 Å². The first kappa shape index (κ1) is 13.4. The number of anilines is 1. The summed E-state index contributed by atoms with van der Waals surface area (Å²) in [5, 5.41) is 3.47. The minimum atomic E-state index is 0.215. The maximum Gasteiger partial charge on any atom is 0.119 e. The topological polar surface area (TPSA) is 47.3 Å². The van der Waals surface area contributed by atoms with Crippen molar-refractivity contribution in [3.63, 3.8) is 0 Å². The summed E-state index contributed by atoms with van der Waals surface area (Å²) in [7, 11) is 1.68. The summed E-state index contributed by atoms with van der Waals surface area (Å²) in [4.78, 5) is 0. The quantitative estimate of drug-likeness (QED) is 0.808. The molecule has 3 heteroatoms. The Labute approximate surface area is 114 Å². The molecule has 2 aromatic rings. The van der Waals surface area contributed by atoms with E-state index in [1.807, 2.05) is 36.4 Å². The Morgan fingerprint density at radius 1 is 1.16 bits per heavy atom. The van der Waals surface area contributed by atoms with E-state index in [0.29, 0.717) is 0 Å². The Morgan fingerprint density at radius 3 is 2.68 bits per heavy atom. The second-order valence-electron chi connectivity index (χ2n) is 4.58. The zero-order valence-electron chi connectivity index (χ0n) is 11.4. The van der Waals surface area contributed by atoms with Gasteiger partial charge in [-0.3, -0.25) is 0 Å². The second kappa shape index (κ2) is 6.25. The molecule has 0 saturated heterocycles. The lowest BCUT2D eigenvalue weighted by molar-refractivity contribution is 0.414. The van der Waals surface area contributed by atoms with Gasteiger partial charge in [0.05, 0.1) is 7.11 Å². The molecule has 2 aromatic carbocycles. The van der Waals surface area contributed by atoms with Crippen LogP contribution in [0, 0.1) is 0 Å². The smallest absolute Gasteiger partial charge is 0.119 e. The molecular weight excluding hydrogens is 236 g/mol. The van der Waals surface area contributed by atoms with Gasteiger partial charge in [0.1, 0.15) is 5.75 Å². The van der Waals surface area contributed by atoms with Gasteiger partial charge in [0, 0.05) is 18.3 Å². The van der Waals surface area contributed by atoms with Crippen LogP contribution in [0.4, 0.5) is 5.69 Å². The highest BCUT2D eigenvalue weighted by atomic mass is 16.5. The Hall–Kier alpha value is -2.00. The number of rotatable bonds is 5. The molecule has 1 unspecified atom stereocenters. The van der Waals surface area contributed by atoms with Crippen LogP contribution in [0.15, 0.2) is 48.5 Å². The van der Waals surface area contributed by atoms with E-state index in [0.717, 1.165) is 23.5 Å². The third-order valence-electron chi connectivity index (χ3n) is 3.21. The van der Waals surface area contributed by atoms with E-state index in [-0.39, 0.29) is 6.04 Å². The first-order valence-electron chi connectivity index (χ1n) is 6.41. The molecule has 0 radical (unpaired) electrons. The van der Waals surface area contributed by atoms with Crippen LogP contribution in [0.5, 0.6) is 5.75 Å². The molecule has 0 spiro atoms. The number of hydrogen-bond acceptors (Lipinski definition) is 3. The molecule has 1 atom stereocenters. The Kier molecular flexibility index (Phi) is 4.42. The largest absolute Gasteiger partial charge is 0.497 e. The fourth-order valence-electron chi connectivity index (χ4n) is 2.07. The van der Waals surface area contributed by atoms with Crippen molar-refractivity contribution >= 4 is 5.69 Å². The molecule has 0 aliphatic carbocycles. The van der Waals surface area contributed by atoms with Gasteiger partial charge in [0.15, 0.2) is 0 Å².